The minimum atomic E-state index is 0.00105. The average Bonchev–Trinajstić information content (AvgIpc) is 2.58. The fourth-order valence-corrected chi connectivity index (χ4v) is 2.24. The summed E-state index contributed by atoms with van der Waals surface area (Å²) in [6, 6.07) is 15.2. The van der Waals surface area contributed by atoms with Crippen molar-refractivity contribution < 1.29 is 9.53 Å². The zero-order valence-corrected chi connectivity index (χ0v) is 14.1. The van der Waals surface area contributed by atoms with Crippen LogP contribution in [0, 0.1) is 5.41 Å². The molecule has 0 spiro atoms. The number of carbonyl (C=O) groups is 1. The number of ether oxygens (including phenoxy) is 1. The molecule has 0 aliphatic rings. The number of anilines is 1. The maximum Gasteiger partial charge on any atom is 0.222 e. The normalized spacial score (nSPS) is 10.2. The number of hydrogen-bond acceptors (Lipinski definition) is 4. The monoisotopic (exact) mass is 325 g/mol. The SMILES string of the molecule is CN(C)C(=O)CCC(=N)c1ccc(OCc2ccccc2)cc1N. The fourth-order valence-electron chi connectivity index (χ4n) is 2.24. The Bertz CT molecular complexity index is 712. The van der Waals surface area contributed by atoms with Crippen molar-refractivity contribution in [2.45, 2.75) is 19.4 Å². The van der Waals surface area contributed by atoms with E-state index in [1.165, 1.54) is 4.90 Å². The first-order chi connectivity index (χ1) is 11.5. The molecule has 2 rings (SSSR count). The molecule has 5 heteroatoms. The number of carbonyl (C=O) groups excluding carboxylic acids is 1. The van der Waals surface area contributed by atoms with E-state index in [0.29, 0.717) is 42.2 Å². The molecule has 0 fully saturated rings. The topological polar surface area (TPSA) is 79.4 Å². The molecule has 0 bridgehead atoms. The van der Waals surface area contributed by atoms with Gasteiger partial charge in [-0.1, -0.05) is 30.3 Å². The van der Waals surface area contributed by atoms with Crippen LogP contribution in [0.4, 0.5) is 5.69 Å². The molecule has 0 saturated carbocycles. The predicted octanol–water partition coefficient (Wildman–Crippen LogP) is 3.08. The quantitative estimate of drug-likeness (QED) is 0.606. The van der Waals surface area contributed by atoms with Crippen molar-refractivity contribution in [2.24, 2.45) is 0 Å². The first kappa shape index (κ1) is 17.5. The van der Waals surface area contributed by atoms with Crippen LogP contribution in [0.2, 0.25) is 0 Å². The second-order valence-electron chi connectivity index (χ2n) is 5.79. The van der Waals surface area contributed by atoms with Crippen molar-refractivity contribution in [3.8, 4) is 5.75 Å². The van der Waals surface area contributed by atoms with Crippen LogP contribution in [0.25, 0.3) is 0 Å². The van der Waals surface area contributed by atoms with Gasteiger partial charge >= 0.3 is 0 Å². The molecular weight excluding hydrogens is 302 g/mol. The van der Waals surface area contributed by atoms with Crippen molar-refractivity contribution in [3.05, 3.63) is 59.7 Å². The molecule has 0 heterocycles. The van der Waals surface area contributed by atoms with Gasteiger partial charge in [0.25, 0.3) is 0 Å². The molecule has 0 aliphatic heterocycles. The van der Waals surface area contributed by atoms with Gasteiger partial charge in [0.05, 0.1) is 0 Å². The summed E-state index contributed by atoms with van der Waals surface area (Å²) in [5.74, 6) is 0.665. The van der Waals surface area contributed by atoms with Gasteiger partial charge in [-0.05, 0) is 24.1 Å². The molecule has 0 aromatic heterocycles. The van der Waals surface area contributed by atoms with E-state index in [9.17, 15) is 4.79 Å². The van der Waals surface area contributed by atoms with Gasteiger partial charge in [-0.25, -0.2) is 0 Å². The maximum absolute atomic E-state index is 11.6. The molecule has 1 amide bonds. The molecular formula is C19H23N3O2. The molecule has 0 aliphatic carbocycles. The van der Waals surface area contributed by atoms with Crippen LogP contribution in [-0.2, 0) is 11.4 Å². The van der Waals surface area contributed by atoms with E-state index in [4.69, 9.17) is 15.9 Å². The van der Waals surface area contributed by atoms with Crippen molar-refractivity contribution in [2.75, 3.05) is 19.8 Å². The highest BCUT2D eigenvalue weighted by atomic mass is 16.5. The average molecular weight is 325 g/mol. The molecule has 0 radical (unpaired) electrons. The second kappa shape index (κ2) is 8.15. The number of nitrogens with zero attached hydrogens (tertiary/aromatic N) is 1. The van der Waals surface area contributed by atoms with Crippen molar-refractivity contribution in [1.29, 1.82) is 5.41 Å². The van der Waals surface area contributed by atoms with Crippen LogP contribution in [0.3, 0.4) is 0 Å². The van der Waals surface area contributed by atoms with Crippen molar-refractivity contribution >= 4 is 17.3 Å². The lowest BCUT2D eigenvalue weighted by molar-refractivity contribution is -0.128. The Morgan fingerprint density at radius 2 is 1.83 bits per heavy atom. The van der Waals surface area contributed by atoms with E-state index in [-0.39, 0.29) is 5.91 Å². The summed E-state index contributed by atoms with van der Waals surface area (Å²) >= 11 is 0. The molecule has 2 aromatic rings. The van der Waals surface area contributed by atoms with Gasteiger partial charge in [0, 0.05) is 43.5 Å². The second-order valence-corrected chi connectivity index (χ2v) is 5.79. The standard InChI is InChI=1S/C19H23N3O2/c1-22(2)19(23)11-10-17(20)16-9-8-15(12-18(16)21)24-13-14-6-4-3-5-7-14/h3-9,12,20H,10-11,13,21H2,1-2H3. The van der Waals surface area contributed by atoms with Crippen LogP contribution < -0.4 is 10.5 Å². The lowest BCUT2D eigenvalue weighted by atomic mass is 10.0. The van der Waals surface area contributed by atoms with E-state index >= 15 is 0 Å². The molecule has 3 N–H and O–H groups in total. The zero-order valence-electron chi connectivity index (χ0n) is 14.1. The molecule has 0 saturated heterocycles. The van der Waals surface area contributed by atoms with Crippen LogP contribution in [0.15, 0.2) is 48.5 Å². The van der Waals surface area contributed by atoms with E-state index in [0.717, 1.165) is 5.56 Å². The smallest absolute Gasteiger partial charge is 0.222 e. The zero-order chi connectivity index (χ0) is 17.5. The number of benzene rings is 2. The van der Waals surface area contributed by atoms with Gasteiger partial charge in [0.2, 0.25) is 5.91 Å². The summed E-state index contributed by atoms with van der Waals surface area (Å²) < 4.78 is 5.73. The summed E-state index contributed by atoms with van der Waals surface area (Å²) in [5, 5.41) is 8.12. The maximum atomic E-state index is 11.6. The van der Waals surface area contributed by atoms with E-state index in [1.807, 2.05) is 30.3 Å². The van der Waals surface area contributed by atoms with Crippen LogP contribution in [0.1, 0.15) is 24.0 Å². The van der Waals surface area contributed by atoms with Gasteiger partial charge < -0.3 is 20.8 Å². The van der Waals surface area contributed by atoms with Gasteiger partial charge in [0.1, 0.15) is 12.4 Å². The summed E-state index contributed by atoms with van der Waals surface area (Å²) in [7, 11) is 3.42. The number of nitrogen functional groups attached to an aromatic ring is 1. The van der Waals surface area contributed by atoms with Crippen molar-refractivity contribution in [3.63, 3.8) is 0 Å². The summed E-state index contributed by atoms with van der Waals surface area (Å²) in [6.07, 6.45) is 0.670. The Hall–Kier alpha value is -2.82. The van der Waals surface area contributed by atoms with Gasteiger partial charge in [-0.2, -0.15) is 0 Å². The minimum Gasteiger partial charge on any atom is -0.489 e. The number of nitrogens with one attached hydrogen (secondary N) is 1. The lowest BCUT2D eigenvalue weighted by Crippen LogP contribution is -2.22. The van der Waals surface area contributed by atoms with Crippen LogP contribution in [-0.4, -0.2) is 30.6 Å². The Balaban J connectivity index is 1.96. The largest absolute Gasteiger partial charge is 0.489 e. The highest BCUT2D eigenvalue weighted by Gasteiger charge is 2.11. The summed E-state index contributed by atoms with van der Waals surface area (Å²) in [5.41, 5.74) is 8.61. The molecule has 2 aromatic carbocycles. The third-order valence-corrected chi connectivity index (χ3v) is 3.68. The Morgan fingerprint density at radius 1 is 1.12 bits per heavy atom. The van der Waals surface area contributed by atoms with Gasteiger partial charge in [0.15, 0.2) is 0 Å². The lowest BCUT2D eigenvalue weighted by Gasteiger charge is -2.13. The van der Waals surface area contributed by atoms with Crippen molar-refractivity contribution in [1.82, 2.24) is 4.90 Å². The van der Waals surface area contributed by atoms with Crippen LogP contribution in [0.5, 0.6) is 5.75 Å². The molecule has 5 nitrogen and oxygen atoms in total. The molecule has 126 valence electrons. The number of amides is 1. The van der Waals surface area contributed by atoms with E-state index < -0.39 is 0 Å². The third kappa shape index (κ3) is 4.84. The summed E-state index contributed by atoms with van der Waals surface area (Å²) in [6.45, 7) is 0.467. The Kier molecular flexibility index (Phi) is 5.95. The fraction of sp³-hybridized carbons (Fsp3) is 0.263. The predicted molar refractivity (Wildman–Crippen MR) is 96.4 cm³/mol. The number of hydrogen-bond donors (Lipinski definition) is 2. The number of nitrogens with two attached hydrogens (primary N) is 1. The molecule has 0 unspecified atom stereocenters. The van der Waals surface area contributed by atoms with E-state index in [2.05, 4.69) is 0 Å². The number of rotatable bonds is 7. The van der Waals surface area contributed by atoms with Crippen LogP contribution >= 0.6 is 0 Å². The van der Waals surface area contributed by atoms with E-state index in [1.54, 1.807) is 32.3 Å². The molecule has 24 heavy (non-hydrogen) atoms. The van der Waals surface area contributed by atoms with Gasteiger partial charge in [-0.15, -0.1) is 0 Å². The summed E-state index contributed by atoms with van der Waals surface area (Å²) in [4.78, 5) is 13.1. The Labute approximate surface area is 142 Å². The van der Waals surface area contributed by atoms with Gasteiger partial charge in [-0.3, -0.25) is 4.79 Å². The first-order valence-electron chi connectivity index (χ1n) is 7.81. The highest BCUT2D eigenvalue weighted by molar-refractivity contribution is 6.04. The molecule has 0 atom stereocenters. The Morgan fingerprint density at radius 3 is 2.46 bits per heavy atom. The highest BCUT2D eigenvalue weighted by Crippen LogP contribution is 2.22. The third-order valence-electron chi connectivity index (χ3n) is 3.68. The minimum absolute atomic E-state index is 0.00105. The first-order valence-corrected chi connectivity index (χ1v) is 7.81.